The maximum Gasteiger partial charge on any atom is 0.287 e. The lowest BCUT2D eigenvalue weighted by Gasteiger charge is -2.23. The van der Waals surface area contributed by atoms with Crippen LogP contribution in [0.3, 0.4) is 0 Å². The Balaban J connectivity index is 1.77. The van der Waals surface area contributed by atoms with Gasteiger partial charge in [0.1, 0.15) is 0 Å². The van der Waals surface area contributed by atoms with Gasteiger partial charge in [-0.1, -0.05) is 24.3 Å². The number of benzene rings is 1. The van der Waals surface area contributed by atoms with Gasteiger partial charge in [-0.05, 0) is 30.2 Å². The summed E-state index contributed by atoms with van der Waals surface area (Å²) in [6, 6.07) is 11.6. The molecule has 0 bridgehead atoms. The molecule has 0 aliphatic carbocycles. The molecule has 0 unspecified atom stereocenters. The Bertz CT molecular complexity index is 680. The first-order chi connectivity index (χ1) is 11.6. The number of rotatable bonds is 6. The average Bonchev–Trinajstić information content (AvgIpc) is 3.11. The Morgan fingerprint density at radius 3 is 2.58 bits per heavy atom. The lowest BCUT2D eigenvalue weighted by molar-refractivity contribution is 0.0926. The third-order valence-electron chi connectivity index (χ3n) is 3.68. The molecule has 0 aliphatic heterocycles. The highest BCUT2D eigenvalue weighted by Gasteiger charge is 2.09. The minimum Gasteiger partial charge on any atom is -0.459 e. The van der Waals surface area contributed by atoms with E-state index >= 15 is 0 Å². The molecule has 0 fully saturated rings. The summed E-state index contributed by atoms with van der Waals surface area (Å²) in [7, 11) is 3.74. The van der Waals surface area contributed by atoms with Gasteiger partial charge in [0.2, 0.25) is 0 Å². The zero-order valence-electron chi connectivity index (χ0n) is 14.4. The van der Waals surface area contributed by atoms with Crippen molar-refractivity contribution in [2.45, 2.75) is 13.5 Å². The van der Waals surface area contributed by atoms with Gasteiger partial charge in [-0.2, -0.15) is 0 Å². The molecule has 1 heterocycles. The second kappa shape index (κ2) is 8.76. The van der Waals surface area contributed by atoms with E-state index in [1.807, 2.05) is 19.2 Å². The maximum absolute atomic E-state index is 11.8. The molecule has 24 heavy (non-hydrogen) atoms. The van der Waals surface area contributed by atoms with E-state index in [4.69, 9.17) is 4.42 Å². The Morgan fingerprint density at radius 1 is 1.17 bits per heavy atom. The number of carbonyl (C=O) groups excluding carboxylic acids is 1. The normalized spacial score (nSPS) is 11.2. The van der Waals surface area contributed by atoms with Gasteiger partial charge in [0.25, 0.3) is 5.91 Å². The number of aryl methyl sites for hydroxylation is 1. The standard InChI is InChI=1S/C18H24N4O2/c1-14-7-4-5-8-15(14)13-22(3)18(19-2)21-11-10-20-17(23)16-9-6-12-24-16/h4-9,12H,10-11,13H2,1-3H3,(H,19,21)(H,20,23). The number of guanidine groups is 1. The van der Waals surface area contributed by atoms with Crippen LogP contribution >= 0.6 is 0 Å². The van der Waals surface area contributed by atoms with Gasteiger partial charge >= 0.3 is 0 Å². The number of nitrogens with one attached hydrogen (secondary N) is 2. The smallest absolute Gasteiger partial charge is 0.287 e. The molecule has 2 aromatic rings. The third kappa shape index (κ3) is 4.87. The van der Waals surface area contributed by atoms with Crippen LogP contribution in [0.4, 0.5) is 0 Å². The fourth-order valence-electron chi connectivity index (χ4n) is 2.35. The van der Waals surface area contributed by atoms with Crippen molar-refractivity contribution in [3.63, 3.8) is 0 Å². The fraction of sp³-hybridized carbons (Fsp3) is 0.333. The quantitative estimate of drug-likeness (QED) is 0.484. The van der Waals surface area contributed by atoms with E-state index in [0.29, 0.717) is 18.8 Å². The molecule has 1 amide bonds. The van der Waals surface area contributed by atoms with E-state index < -0.39 is 0 Å². The number of hydrogen-bond donors (Lipinski definition) is 2. The number of furan rings is 1. The Morgan fingerprint density at radius 2 is 1.92 bits per heavy atom. The highest BCUT2D eigenvalue weighted by molar-refractivity contribution is 5.91. The van der Waals surface area contributed by atoms with E-state index in [9.17, 15) is 4.79 Å². The Hall–Kier alpha value is -2.76. The van der Waals surface area contributed by atoms with Crippen molar-refractivity contribution in [2.24, 2.45) is 4.99 Å². The van der Waals surface area contributed by atoms with Gasteiger partial charge in [-0.25, -0.2) is 0 Å². The molecule has 0 saturated heterocycles. The van der Waals surface area contributed by atoms with E-state index in [2.05, 4.69) is 39.6 Å². The summed E-state index contributed by atoms with van der Waals surface area (Å²) in [5.41, 5.74) is 2.51. The summed E-state index contributed by atoms with van der Waals surface area (Å²) < 4.78 is 5.05. The van der Waals surface area contributed by atoms with Gasteiger partial charge < -0.3 is 20.0 Å². The van der Waals surface area contributed by atoms with Crippen LogP contribution in [-0.2, 0) is 6.54 Å². The number of nitrogens with zero attached hydrogens (tertiary/aromatic N) is 2. The minimum atomic E-state index is -0.218. The van der Waals surface area contributed by atoms with Crippen LogP contribution in [0.15, 0.2) is 52.1 Å². The van der Waals surface area contributed by atoms with E-state index in [-0.39, 0.29) is 5.91 Å². The van der Waals surface area contributed by atoms with Crippen LogP contribution < -0.4 is 10.6 Å². The van der Waals surface area contributed by atoms with Crippen LogP contribution in [0.25, 0.3) is 0 Å². The van der Waals surface area contributed by atoms with Gasteiger partial charge in [-0.15, -0.1) is 0 Å². The lowest BCUT2D eigenvalue weighted by Crippen LogP contribution is -2.42. The zero-order valence-corrected chi connectivity index (χ0v) is 14.4. The second-order valence-corrected chi connectivity index (χ2v) is 5.49. The topological polar surface area (TPSA) is 69.9 Å². The molecule has 0 aliphatic rings. The number of amides is 1. The van der Waals surface area contributed by atoms with Crippen molar-refractivity contribution in [1.29, 1.82) is 0 Å². The van der Waals surface area contributed by atoms with Crippen molar-refractivity contribution in [3.8, 4) is 0 Å². The lowest BCUT2D eigenvalue weighted by atomic mass is 10.1. The molecular weight excluding hydrogens is 304 g/mol. The van der Waals surface area contributed by atoms with Crippen molar-refractivity contribution >= 4 is 11.9 Å². The van der Waals surface area contributed by atoms with Gasteiger partial charge in [-0.3, -0.25) is 9.79 Å². The zero-order chi connectivity index (χ0) is 17.4. The third-order valence-corrected chi connectivity index (χ3v) is 3.68. The molecule has 1 aromatic heterocycles. The molecule has 0 radical (unpaired) electrons. The number of hydrogen-bond acceptors (Lipinski definition) is 3. The largest absolute Gasteiger partial charge is 0.459 e. The van der Waals surface area contributed by atoms with Crippen LogP contribution in [-0.4, -0.2) is 44.0 Å². The minimum absolute atomic E-state index is 0.218. The van der Waals surface area contributed by atoms with E-state index in [1.54, 1.807) is 19.2 Å². The first kappa shape index (κ1) is 17.6. The molecular formula is C18H24N4O2. The summed E-state index contributed by atoms with van der Waals surface area (Å²) >= 11 is 0. The van der Waals surface area contributed by atoms with Crippen molar-refractivity contribution in [3.05, 3.63) is 59.5 Å². The van der Waals surface area contributed by atoms with E-state index in [1.165, 1.54) is 17.4 Å². The summed E-state index contributed by atoms with van der Waals surface area (Å²) in [6.07, 6.45) is 1.48. The van der Waals surface area contributed by atoms with Crippen molar-refractivity contribution in [2.75, 3.05) is 27.2 Å². The van der Waals surface area contributed by atoms with Gasteiger partial charge in [0.15, 0.2) is 11.7 Å². The Labute approximate surface area is 142 Å². The summed E-state index contributed by atoms with van der Waals surface area (Å²) in [5, 5.41) is 6.03. The molecule has 6 nitrogen and oxygen atoms in total. The van der Waals surface area contributed by atoms with Crippen LogP contribution in [0, 0.1) is 6.92 Å². The van der Waals surface area contributed by atoms with Gasteiger partial charge in [0, 0.05) is 33.7 Å². The molecule has 0 spiro atoms. The molecule has 128 valence electrons. The predicted molar refractivity (Wildman–Crippen MR) is 95.0 cm³/mol. The Kier molecular flexibility index (Phi) is 6.42. The highest BCUT2D eigenvalue weighted by atomic mass is 16.3. The second-order valence-electron chi connectivity index (χ2n) is 5.49. The van der Waals surface area contributed by atoms with Crippen LogP contribution in [0.1, 0.15) is 21.7 Å². The first-order valence-corrected chi connectivity index (χ1v) is 7.90. The van der Waals surface area contributed by atoms with Crippen molar-refractivity contribution in [1.82, 2.24) is 15.5 Å². The molecule has 1 aromatic carbocycles. The summed E-state index contributed by atoms with van der Waals surface area (Å²) in [5.74, 6) is 0.881. The van der Waals surface area contributed by atoms with E-state index in [0.717, 1.165) is 12.5 Å². The van der Waals surface area contributed by atoms with Gasteiger partial charge in [0.05, 0.1) is 6.26 Å². The van der Waals surface area contributed by atoms with Crippen LogP contribution in [0.2, 0.25) is 0 Å². The highest BCUT2D eigenvalue weighted by Crippen LogP contribution is 2.09. The van der Waals surface area contributed by atoms with Crippen molar-refractivity contribution < 1.29 is 9.21 Å². The number of aliphatic imine (C=N–C) groups is 1. The SMILES string of the molecule is CN=C(NCCNC(=O)c1ccco1)N(C)Cc1ccccc1C. The van der Waals surface area contributed by atoms with Crippen LogP contribution in [0.5, 0.6) is 0 Å². The monoisotopic (exact) mass is 328 g/mol. The molecule has 2 N–H and O–H groups in total. The predicted octanol–water partition coefficient (Wildman–Crippen LogP) is 2.03. The first-order valence-electron chi connectivity index (χ1n) is 7.90. The fourth-order valence-corrected chi connectivity index (χ4v) is 2.35. The maximum atomic E-state index is 11.8. The summed E-state index contributed by atoms with van der Waals surface area (Å²) in [4.78, 5) is 18.1. The molecule has 2 rings (SSSR count). The summed E-state index contributed by atoms with van der Waals surface area (Å²) in [6.45, 7) is 3.93. The molecule has 0 saturated carbocycles. The molecule has 6 heteroatoms. The average molecular weight is 328 g/mol. The molecule has 0 atom stereocenters. The number of carbonyl (C=O) groups is 1.